The summed E-state index contributed by atoms with van der Waals surface area (Å²) in [6, 6.07) is 1.97. The highest BCUT2D eigenvalue weighted by molar-refractivity contribution is 7.12. The minimum absolute atomic E-state index is 0.104. The van der Waals surface area contributed by atoms with E-state index in [1.807, 2.05) is 44.0 Å². The molecule has 0 spiro atoms. The summed E-state index contributed by atoms with van der Waals surface area (Å²) in [5.74, 6) is 0.393. The molecule has 1 atom stereocenters. The SMILES string of the molecule is Cc1ccsc1C(=O)N1CCC(CNC(=O)OC(C)(C)C)C1. The van der Waals surface area contributed by atoms with Gasteiger partial charge in [-0.3, -0.25) is 4.79 Å². The van der Waals surface area contributed by atoms with E-state index in [2.05, 4.69) is 5.32 Å². The van der Waals surface area contributed by atoms with Crippen LogP contribution in [0.4, 0.5) is 4.79 Å². The number of ether oxygens (including phenoxy) is 1. The summed E-state index contributed by atoms with van der Waals surface area (Å²) in [5.41, 5.74) is 0.545. The van der Waals surface area contributed by atoms with Crippen LogP contribution in [0.25, 0.3) is 0 Å². The Morgan fingerprint density at radius 3 is 2.77 bits per heavy atom. The average molecular weight is 324 g/mol. The molecule has 2 heterocycles. The van der Waals surface area contributed by atoms with E-state index in [-0.39, 0.29) is 11.8 Å². The number of thiophene rings is 1. The highest BCUT2D eigenvalue weighted by atomic mass is 32.1. The van der Waals surface area contributed by atoms with Crippen LogP contribution >= 0.6 is 11.3 Å². The van der Waals surface area contributed by atoms with Gasteiger partial charge in [-0.1, -0.05) is 0 Å². The van der Waals surface area contributed by atoms with Crippen molar-refractivity contribution in [3.63, 3.8) is 0 Å². The van der Waals surface area contributed by atoms with Crippen LogP contribution in [0.5, 0.6) is 0 Å². The lowest BCUT2D eigenvalue weighted by atomic mass is 10.1. The predicted octanol–water partition coefficient (Wildman–Crippen LogP) is 3.04. The first-order chi connectivity index (χ1) is 10.3. The van der Waals surface area contributed by atoms with Crippen molar-refractivity contribution in [3.8, 4) is 0 Å². The molecule has 0 saturated carbocycles. The molecule has 122 valence electrons. The summed E-state index contributed by atoms with van der Waals surface area (Å²) in [6.45, 7) is 9.45. The summed E-state index contributed by atoms with van der Waals surface area (Å²) in [4.78, 5) is 26.8. The van der Waals surface area contributed by atoms with Gasteiger partial charge in [-0.15, -0.1) is 11.3 Å². The van der Waals surface area contributed by atoms with Gasteiger partial charge in [-0.25, -0.2) is 4.79 Å². The van der Waals surface area contributed by atoms with Gasteiger partial charge >= 0.3 is 6.09 Å². The molecule has 6 heteroatoms. The van der Waals surface area contributed by atoms with E-state index < -0.39 is 11.7 Å². The number of alkyl carbamates (subject to hydrolysis) is 1. The summed E-state index contributed by atoms with van der Waals surface area (Å²) in [6.07, 6.45) is 0.512. The number of hydrogen-bond acceptors (Lipinski definition) is 4. The van der Waals surface area contributed by atoms with Crippen LogP contribution in [0.2, 0.25) is 0 Å². The summed E-state index contributed by atoms with van der Waals surface area (Å²) in [7, 11) is 0. The van der Waals surface area contributed by atoms with Gasteiger partial charge in [0.15, 0.2) is 0 Å². The minimum atomic E-state index is -0.488. The first-order valence-corrected chi connectivity index (χ1v) is 8.44. The largest absolute Gasteiger partial charge is 0.444 e. The second kappa shape index (κ2) is 6.69. The Bertz CT molecular complexity index is 548. The Kier molecular flexibility index (Phi) is 5.11. The molecular formula is C16H24N2O3S. The van der Waals surface area contributed by atoms with Gasteiger partial charge in [0.2, 0.25) is 0 Å². The van der Waals surface area contributed by atoms with Crippen LogP contribution < -0.4 is 5.32 Å². The van der Waals surface area contributed by atoms with Crippen molar-refractivity contribution < 1.29 is 14.3 Å². The van der Waals surface area contributed by atoms with E-state index in [4.69, 9.17) is 4.74 Å². The molecule has 1 aliphatic heterocycles. The van der Waals surface area contributed by atoms with Crippen molar-refractivity contribution in [2.45, 2.75) is 39.7 Å². The van der Waals surface area contributed by atoms with Gasteiger partial charge in [0.1, 0.15) is 5.60 Å². The zero-order chi connectivity index (χ0) is 16.3. The molecule has 1 aromatic rings. The molecule has 1 saturated heterocycles. The molecule has 5 nitrogen and oxygen atoms in total. The lowest BCUT2D eigenvalue weighted by molar-refractivity contribution is 0.0520. The van der Waals surface area contributed by atoms with Crippen LogP contribution in [0, 0.1) is 12.8 Å². The summed E-state index contributed by atoms with van der Waals surface area (Å²) < 4.78 is 5.22. The summed E-state index contributed by atoms with van der Waals surface area (Å²) in [5, 5.41) is 4.73. The number of nitrogens with one attached hydrogen (secondary N) is 1. The van der Waals surface area contributed by atoms with Gasteiger partial charge in [0.05, 0.1) is 4.88 Å². The Morgan fingerprint density at radius 1 is 1.45 bits per heavy atom. The summed E-state index contributed by atoms with van der Waals surface area (Å²) >= 11 is 1.49. The second-order valence-electron chi connectivity index (χ2n) is 6.72. The maximum absolute atomic E-state index is 12.4. The van der Waals surface area contributed by atoms with E-state index >= 15 is 0 Å². The fourth-order valence-electron chi connectivity index (χ4n) is 2.46. The van der Waals surface area contributed by atoms with Crippen molar-refractivity contribution in [1.29, 1.82) is 0 Å². The maximum atomic E-state index is 12.4. The highest BCUT2D eigenvalue weighted by Crippen LogP contribution is 2.23. The van der Waals surface area contributed by atoms with Crippen LogP contribution in [-0.2, 0) is 4.74 Å². The van der Waals surface area contributed by atoms with Crippen molar-refractivity contribution in [2.75, 3.05) is 19.6 Å². The Morgan fingerprint density at radius 2 is 2.18 bits per heavy atom. The molecule has 1 fully saturated rings. The second-order valence-corrected chi connectivity index (χ2v) is 7.64. The molecule has 0 bridgehead atoms. The van der Waals surface area contributed by atoms with Crippen LogP contribution in [0.1, 0.15) is 42.4 Å². The standard InChI is InChI=1S/C16H24N2O3S/c1-11-6-8-22-13(11)14(19)18-7-5-12(10-18)9-17-15(20)21-16(2,3)4/h6,8,12H,5,7,9-10H2,1-4H3,(H,17,20). The normalized spacial score (nSPS) is 18.4. The van der Waals surface area contributed by atoms with Crippen molar-refractivity contribution in [3.05, 3.63) is 21.9 Å². The maximum Gasteiger partial charge on any atom is 0.407 e. The molecule has 1 unspecified atom stereocenters. The topological polar surface area (TPSA) is 58.6 Å². The third-order valence-electron chi connectivity index (χ3n) is 3.56. The number of hydrogen-bond donors (Lipinski definition) is 1. The molecular weight excluding hydrogens is 300 g/mol. The van der Waals surface area contributed by atoms with Crippen LogP contribution in [0.3, 0.4) is 0 Å². The Balaban J connectivity index is 1.80. The predicted molar refractivity (Wildman–Crippen MR) is 87.3 cm³/mol. The number of rotatable bonds is 3. The lowest BCUT2D eigenvalue weighted by Gasteiger charge is -2.21. The zero-order valence-corrected chi connectivity index (χ0v) is 14.5. The Hall–Kier alpha value is -1.56. The Labute approximate surface area is 135 Å². The zero-order valence-electron chi connectivity index (χ0n) is 13.6. The molecule has 1 aliphatic rings. The van der Waals surface area contributed by atoms with E-state index in [1.54, 1.807) is 0 Å². The van der Waals surface area contributed by atoms with E-state index in [9.17, 15) is 9.59 Å². The first-order valence-electron chi connectivity index (χ1n) is 7.56. The molecule has 22 heavy (non-hydrogen) atoms. The molecule has 0 aliphatic carbocycles. The third-order valence-corrected chi connectivity index (χ3v) is 4.57. The average Bonchev–Trinajstić information content (AvgIpc) is 3.02. The molecule has 1 aromatic heterocycles. The molecule has 0 radical (unpaired) electrons. The number of carbonyl (C=O) groups is 2. The van der Waals surface area contributed by atoms with Crippen molar-refractivity contribution in [2.24, 2.45) is 5.92 Å². The number of nitrogens with zero attached hydrogens (tertiary/aromatic N) is 1. The molecule has 1 N–H and O–H groups in total. The van der Waals surface area contributed by atoms with E-state index in [0.717, 1.165) is 23.4 Å². The third kappa shape index (κ3) is 4.47. The number of likely N-dealkylation sites (tertiary alicyclic amines) is 1. The quantitative estimate of drug-likeness (QED) is 0.929. The van der Waals surface area contributed by atoms with Gasteiger partial charge in [-0.05, 0) is 57.0 Å². The lowest BCUT2D eigenvalue weighted by Crippen LogP contribution is -2.36. The molecule has 2 amide bonds. The minimum Gasteiger partial charge on any atom is -0.444 e. The van der Waals surface area contributed by atoms with Gasteiger partial charge in [0, 0.05) is 19.6 Å². The van der Waals surface area contributed by atoms with E-state index in [0.29, 0.717) is 13.1 Å². The number of aryl methyl sites for hydroxylation is 1. The van der Waals surface area contributed by atoms with Crippen molar-refractivity contribution >= 4 is 23.3 Å². The number of amides is 2. The van der Waals surface area contributed by atoms with Crippen LogP contribution in [-0.4, -0.2) is 42.1 Å². The molecule has 2 rings (SSSR count). The molecule has 0 aromatic carbocycles. The fourth-order valence-corrected chi connectivity index (χ4v) is 3.35. The van der Waals surface area contributed by atoms with Gasteiger partial charge < -0.3 is 15.0 Å². The van der Waals surface area contributed by atoms with Gasteiger partial charge in [-0.2, -0.15) is 0 Å². The van der Waals surface area contributed by atoms with Crippen LogP contribution in [0.15, 0.2) is 11.4 Å². The van der Waals surface area contributed by atoms with Crippen molar-refractivity contribution in [1.82, 2.24) is 10.2 Å². The highest BCUT2D eigenvalue weighted by Gasteiger charge is 2.28. The van der Waals surface area contributed by atoms with E-state index in [1.165, 1.54) is 11.3 Å². The number of carbonyl (C=O) groups excluding carboxylic acids is 2. The monoisotopic (exact) mass is 324 g/mol. The smallest absolute Gasteiger partial charge is 0.407 e. The first kappa shape index (κ1) is 16.8. The fraction of sp³-hybridized carbons (Fsp3) is 0.625. The van der Waals surface area contributed by atoms with Gasteiger partial charge in [0.25, 0.3) is 5.91 Å².